The molecule has 4 nitrogen and oxygen atoms in total. The number of hydrogen-bond acceptors (Lipinski definition) is 3. The van der Waals surface area contributed by atoms with E-state index in [-0.39, 0.29) is 6.61 Å². The molecule has 3 rings (SSSR count). The van der Waals surface area contributed by atoms with Crippen molar-refractivity contribution in [2.24, 2.45) is 0 Å². The van der Waals surface area contributed by atoms with Gasteiger partial charge in [-0.1, -0.05) is 24.3 Å². The van der Waals surface area contributed by atoms with Crippen molar-refractivity contribution in [1.29, 1.82) is 0 Å². The summed E-state index contributed by atoms with van der Waals surface area (Å²) in [4.78, 5) is -0.397. The summed E-state index contributed by atoms with van der Waals surface area (Å²) in [5.41, 5.74) is 1.88. The van der Waals surface area contributed by atoms with Gasteiger partial charge in [0.2, 0.25) is 0 Å². The van der Waals surface area contributed by atoms with Crippen LogP contribution in [-0.4, -0.2) is 20.1 Å². The average Bonchev–Trinajstić information content (AvgIpc) is 2.92. The van der Waals surface area contributed by atoms with Crippen molar-refractivity contribution in [1.82, 2.24) is 0 Å². The highest BCUT2D eigenvalue weighted by Gasteiger charge is 2.32. The highest BCUT2D eigenvalue weighted by Crippen LogP contribution is 2.33. The van der Waals surface area contributed by atoms with Crippen molar-refractivity contribution in [3.8, 4) is 0 Å². The first-order chi connectivity index (χ1) is 10.0. The Morgan fingerprint density at radius 2 is 1.95 bits per heavy atom. The first kappa shape index (κ1) is 14.0. The molecule has 1 aliphatic heterocycles. The van der Waals surface area contributed by atoms with E-state index in [4.69, 9.17) is 5.11 Å². The topological polar surface area (TPSA) is 57.6 Å². The third-order valence-electron chi connectivity index (χ3n) is 3.59. The van der Waals surface area contributed by atoms with Gasteiger partial charge in [0, 0.05) is 6.54 Å². The molecule has 0 fully saturated rings. The third-order valence-corrected chi connectivity index (χ3v) is 5.42. The highest BCUT2D eigenvalue weighted by molar-refractivity contribution is 7.92. The van der Waals surface area contributed by atoms with Crippen LogP contribution in [0.15, 0.2) is 47.4 Å². The second-order valence-electron chi connectivity index (χ2n) is 4.88. The SMILES string of the molecule is O=S(=O)(c1cc(CO)ccc1F)N1CCc2ccccc21. The third kappa shape index (κ3) is 2.30. The van der Waals surface area contributed by atoms with Crippen LogP contribution in [0.3, 0.4) is 0 Å². The Morgan fingerprint density at radius 3 is 2.71 bits per heavy atom. The van der Waals surface area contributed by atoms with Gasteiger partial charge >= 0.3 is 0 Å². The number of nitrogens with zero attached hydrogens (tertiary/aromatic N) is 1. The molecular formula is C15H14FNO3S. The fourth-order valence-electron chi connectivity index (χ4n) is 2.52. The van der Waals surface area contributed by atoms with Gasteiger partial charge in [-0.25, -0.2) is 12.8 Å². The van der Waals surface area contributed by atoms with Crippen molar-refractivity contribution < 1.29 is 17.9 Å². The van der Waals surface area contributed by atoms with Crippen LogP contribution in [0.1, 0.15) is 11.1 Å². The van der Waals surface area contributed by atoms with Gasteiger partial charge in [-0.3, -0.25) is 4.31 Å². The number of halogens is 1. The molecule has 0 atom stereocenters. The molecule has 0 radical (unpaired) electrons. The quantitative estimate of drug-likeness (QED) is 0.944. The maximum Gasteiger partial charge on any atom is 0.267 e. The zero-order chi connectivity index (χ0) is 15.0. The van der Waals surface area contributed by atoms with Crippen molar-refractivity contribution in [3.05, 3.63) is 59.4 Å². The summed E-state index contributed by atoms with van der Waals surface area (Å²) in [5, 5.41) is 9.11. The summed E-state index contributed by atoms with van der Waals surface area (Å²) in [6, 6.07) is 10.8. The van der Waals surface area contributed by atoms with Crippen LogP contribution in [0.25, 0.3) is 0 Å². The normalized spacial score (nSPS) is 14.3. The van der Waals surface area contributed by atoms with Gasteiger partial charge in [-0.2, -0.15) is 0 Å². The molecule has 0 spiro atoms. The molecule has 0 aromatic heterocycles. The maximum absolute atomic E-state index is 13.9. The molecule has 1 heterocycles. The molecule has 6 heteroatoms. The van der Waals surface area contributed by atoms with Crippen LogP contribution in [0.4, 0.5) is 10.1 Å². The molecule has 0 aliphatic carbocycles. The molecule has 110 valence electrons. The summed E-state index contributed by atoms with van der Waals surface area (Å²) >= 11 is 0. The number of para-hydroxylation sites is 1. The lowest BCUT2D eigenvalue weighted by atomic mass is 10.2. The Labute approximate surface area is 122 Å². The van der Waals surface area contributed by atoms with E-state index in [1.807, 2.05) is 12.1 Å². The molecule has 1 N–H and O–H groups in total. The lowest BCUT2D eigenvalue weighted by molar-refractivity contribution is 0.281. The smallest absolute Gasteiger partial charge is 0.267 e. The van der Waals surface area contributed by atoms with Gasteiger partial charge in [0.05, 0.1) is 12.3 Å². The minimum absolute atomic E-state index is 0.296. The molecule has 0 saturated carbocycles. The predicted octanol–water partition coefficient (Wildman–Crippen LogP) is 2.07. The van der Waals surface area contributed by atoms with Gasteiger partial charge in [0.15, 0.2) is 0 Å². The molecule has 2 aromatic rings. The summed E-state index contributed by atoms with van der Waals surface area (Å²) in [5.74, 6) is -0.809. The van der Waals surface area contributed by atoms with Gasteiger partial charge in [-0.15, -0.1) is 0 Å². The second kappa shape index (κ2) is 5.13. The maximum atomic E-state index is 13.9. The molecule has 0 amide bonds. The summed E-state index contributed by atoms with van der Waals surface area (Å²) in [6.45, 7) is -0.0378. The van der Waals surface area contributed by atoms with Crippen molar-refractivity contribution in [2.45, 2.75) is 17.9 Å². The zero-order valence-corrected chi connectivity index (χ0v) is 12.0. The highest BCUT2D eigenvalue weighted by atomic mass is 32.2. The number of benzene rings is 2. The molecule has 0 unspecified atom stereocenters. The number of anilines is 1. The van der Waals surface area contributed by atoms with E-state index in [1.165, 1.54) is 16.4 Å². The molecule has 21 heavy (non-hydrogen) atoms. The van der Waals surface area contributed by atoms with Crippen LogP contribution >= 0.6 is 0 Å². The van der Waals surface area contributed by atoms with E-state index in [0.717, 1.165) is 11.6 Å². The molecule has 1 aliphatic rings. The van der Waals surface area contributed by atoms with Gasteiger partial charge in [0.1, 0.15) is 10.7 Å². The largest absolute Gasteiger partial charge is 0.392 e. The number of aliphatic hydroxyl groups excluding tert-OH is 1. The Hall–Kier alpha value is -1.92. The molecule has 0 bridgehead atoms. The Balaban J connectivity index is 2.10. The van der Waals surface area contributed by atoms with Crippen molar-refractivity contribution >= 4 is 15.7 Å². The first-order valence-electron chi connectivity index (χ1n) is 6.54. The fourth-order valence-corrected chi connectivity index (χ4v) is 4.14. The monoisotopic (exact) mass is 307 g/mol. The number of sulfonamides is 1. The van der Waals surface area contributed by atoms with E-state index in [0.29, 0.717) is 24.2 Å². The Bertz CT molecular complexity index is 789. The Morgan fingerprint density at radius 1 is 1.19 bits per heavy atom. The second-order valence-corrected chi connectivity index (χ2v) is 6.71. The van der Waals surface area contributed by atoms with Crippen LogP contribution in [-0.2, 0) is 23.1 Å². The Kier molecular flexibility index (Phi) is 3.43. The first-order valence-corrected chi connectivity index (χ1v) is 7.98. The van der Waals surface area contributed by atoms with Crippen LogP contribution in [0.2, 0.25) is 0 Å². The minimum atomic E-state index is -3.97. The van der Waals surface area contributed by atoms with Gasteiger partial charge < -0.3 is 5.11 Å². The predicted molar refractivity (Wildman–Crippen MR) is 77.0 cm³/mol. The van der Waals surface area contributed by atoms with E-state index < -0.39 is 20.7 Å². The standard InChI is InChI=1S/C15H14FNO3S/c16-13-6-5-11(10-18)9-15(13)21(19,20)17-8-7-12-3-1-2-4-14(12)17/h1-6,9,18H,7-8,10H2. The summed E-state index contributed by atoms with van der Waals surface area (Å²) in [6.07, 6.45) is 0.608. The van der Waals surface area contributed by atoms with Gasteiger partial charge in [0.25, 0.3) is 10.0 Å². The molecule has 2 aromatic carbocycles. The summed E-state index contributed by atoms with van der Waals surface area (Å²) < 4.78 is 40.5. The minimum Gasteiger partial charge on any atom is -0.392 e. The van der Waals surface area contributed by atoms with E-state index in [9.17, 15) is 12.8 Å². The molecule has 0 saturated heterocycles. The van der Waals surface area contributed by atoms with Crippen LogP contribution in [0.5, 0.6) is 0 Å². The number of hydrogen-bond donors (Lipinski definition) is 1. The van der Waals surface area contributed by atoms with Gasteiger partial charge in [-0.05, 0) is 35.7 Å². The van der Waals surface area contributed by atoms with Crippen LogP contribution < -0.4 is 4.31 Å². The van der Waals surface area contributed by atoms with Crippen LogP contribution in [0, 0.1) is 5.82 Å². The van der Waals surface area contributed by atoms with E-state index >= 15 is 0 Å². The fraction of sp³-hybridized carbons (Fsp3) is 0.200. The van der Waals surface area contributed by atoms with E-state index in [1.54, 1.807) is 12.1 Å². The molecular weight excluding hydrogens is 293 g/mol. The number of rotatable bonds is 3. The lowest BCUT2D eigenvalue weighted by Gasteiger charge is -2.20. The zero-order valence-electron chi connectivity index (χ0n) is 11.2. The van der Waals surface area contributed by atoms with E-state index in [2.05, 4.69) is 0 Å². The number of aliphatic hydroxyl groups is 1. The summed E-state index contributed by atoms with van der Waals surface area (Å²) in [7, 11) is -3.97. The van der Waals surface area contributed by atoms with Crippen molar-refractivity contribution in [3.63, 3.8) is 0 Å². The number of fused-ring (bicyclic) bond motifs is 1. The van der Waals surface area contributed by atoms with Crippen molar-refractivity contribution in [2.75, 3.05) is 10.8 Å². The lowest BCUT2D eigenvalue weighted by Crippen LogP contribution is -2.29. The average molecular weight is 307 g/mol.